The summed E-state index contributed by atoms with van der Waals surface area (Å²) in [5, 5.41) is 11.6. The molecule has 1 aromatic heterocycles. The number of allylic oxidation sites excluding steroid dienone is 1. The minimum absolute atomic E-state index is 0.297. The summed E-state index contributed by atoms with van der Waals surface area (Å²) in [6.45, 7) is 4.01. The number of fused-ring (bicyclic) bond motifs is 1. The molecule has 5 nitrogen and oxygen atoms in total. The second-order valence-corrected chi connectivity index (χ2v) is 8.69. The first-order valence-electron chi connectivity index (χ1n) is 9.97. The molecule has 0 N–H and O–H groups in total. The van der Waals surface area contributed by atoms with Gasteiger partial charge < -0.3 is 14.2 Å². The Hall–Kier alpha value is -3.82. The van der Waals surface area contributed by atoms with E-state index >= 15 is 0 Å². The van der Waals surface area contributed by atoms with Gasteiger partial charge >= 0.3 is 5.97 Å². The Bertz CT molecular complexity index is 1260. The molecule has 2 aromatic carbocycles. The highest BCUT2D eigenvalue weighted by Gasteiger charge is 2.21. The second kappa shape index (κ2) is 8.74. The van der Waals surface area contributed by atoms with E-state index < -0.39 is 5.97 Å². The number of carbonyl (C=O) groups is 1. The van der Waals surface area contributed by atoms with Gasteiger partial charge in [-0.1, -0.05) is 18.2 Å². The number of nitrogens with zero attached hydrogens (tertiary/aromatic N) is 1. The molecule has 0 spiro atoms. The van der Waals surface area contributed by atoms with E-state index in [4.69, 9.17) is 14.2 Å². The first kappa shape index (κ1) is 21.4. The smallest absolute Gasteiger partial charge is 0.353 e. The largest absolute Gasteiger partial charge is 0.493 e. The van der Waals surface area contributed by atoms with Crippen molar-refractivity contribution >= 4 is 35.0 Å². The monoisotopic (exact) mass is 443 g/mol. The van der Waals surface area contributed by atoms with Crippen molar-refractivity contribution in [2.75, 3.05) is 7.11 Å². The highest BCUT2D eigenvalue weighted by atomic mass is 32.1. The van der Waals surface area contributed by atoms with Crippen molar-refractivity contribution in [2.45, 2.75) is 19.4 Å². The fraction of sp³-hybridized carbons (Fsp3) is 0.154. The first-order valence-corrected chi connectivity index (χ1v) is 10.8. The number of methoxy groups -OCH3 is 1. The van der Waals surface area contributed by atoms with Crippen LogP contribution in [0.1, 0.15) is 40.2 Å². The van der Waals surface area contributed by atoms with E-state index in [9.17, 15) is 10.1 Å². The molecule has 0 atom stereocenters. The lowest BCUT2D eigenvalue weighted by molar-refractivity contribution is 0.0735. The Morgan fingerprint density at radius 2 is 2.00 bits per heavy atom. The van der Waals surface area contributed by atoms with Gasteiger partial charge in [0.25, 0.3) is 0 Å². The molecule has 6 heteroatoms. The van der Waals surface area contributed by atoms with Crippen LogP contribution in [0.2, 0.25) is 0 Å². The third-order valence-electron chi connectivity index (χ3n) is 4.90. The number of ether oxygens (including phenoxy) is 3. The Labute approximate surface area is 190 Å². The summed E-state index contributed by atoms with van der Waals surface area (Å²) in [5.41, 5.74) is 2.61. The molecular weight excluding hydrogens is 422 g/mol. The zero-order chi connectivity index (χ0) is 22.7. The van der Waals surface area contributed by atoms with Crippen molar-refractivity contribution in [3.8, 4) is 23.3 Å². The van der Waals surface area contributed by atoms with Crippen molar-refractivity contribution in [1.82, 2.24) is 0 Å². The maximum Gasteiger partial charge on any atom is 0.353 e. The standard InChI is InChI=1S/C26H21NO4S/c1-26(2)11-10-19-13-17(6-8-21(19)31-26)14-20(16-27)18-7-9-22(23(15-18)29-3)30-25(28)24-5-4-12-32-24/h4-15H,1-3H3/b20-14-. The normalized spacial score (nSPS) is 14.1. The molecule has 1 aliphatic heterocycles. The fourth-order valence-electron chi connectivity index (χ4n) is 3.30. The second-order valence-electron chi connectivity index (χ2n) is 7.74. The first-order chi connectivity index (χ1) is 15.4. The highest BCUT2D eigenvalue weighted by Crippen LogP contribution is 2.34. The van der Waals surface area contributed by atoms with E-state index in [1.165, 1.54) is 18.4 Å². The van der Waals surface area contributed by atoms with E-state index in [1.54, 1.807) is 36.4 Å². The zero-order valence-corrected chi connectivity index (χ0v) is 18.7. The van der Waals surface area contributed by atoms with Crippen LogP contribution >= 0.6 is 11.3 Å². The molecule has 4 rings (SSSR count). The Morgan fingerprint density at radius 1 is 1.16 bits per heavy atom. The third-order valence-corrected chi connectivity index (χ3v) is 5.75. The van der Waals surface area contributed by atoms with Gasteiger partial charge in [-0.3, -0.25) is 0 Å². The summed E-state index contributed by atoms with van der Waals surface area (Å²) >= 11 is 1.30. The molecule has 2 heterocycles. The average molecular weight is 444 g/mol. The van der Waals surface area contributed by atoms with Crippen molar-refractivity contribution < 1.29 is 19.0 Å². The number of carbonyl (C=O) groups excluding carboxylic acids is 1. The third kappa shape index (κ3) is 4.58. The van der Waals surface area contributed by atoms with Gasteiger partial charge in [0.2, 0.25) is 0 Å². The van der Waals surface area contributed by atoms with Crippen LogP contribution in [0.5, 0.6) is 17.2 Å². The Kier molecular flexibility index (Phi) is 5.85. The Balaban J connectivity index is 1.61. The molecule has 0 unspecified atom stereocenters. The molecular formula is C26H21NO4S. The van der Waals surface area contributed by atoms with Crippen LogP contribution in [-0.2, 0) is 0 Å². The molecule has 160 valence electrons. The van der Waals surface area contributed by atoms with Gasteiger partial charge in [-0.15, -0.1) is 11.3 Å². The van der Waals surface area contributed by atoms with Crippen LogP contribution in [0, 0.1) is 11.3 Å². The number of hydrogen-bond donors (Lipinski definition) is 0. The number of hydrogen-bond acceptors (Lipinski definition) is 6. The molecule has 0 amide bonds. The molecule has 0 radical (unpaired) electrons. The number of rotatable bonds is 5. The summed E-state index contributed by atoms with van der Waals surface area (Å²) in [4.78, 5) is 12.8. The molecule has 0 saturated carbocycles. The Morgan fingerprint density at radius 3 is 2.72 bits per heavy atom. The fourth-order valence-corrected chi connectivity index (χ4v) is 3.90. The summed E-state index contributed by atoms with van der Waals surface area (Å²) in [6.07, 6.45) is 5.84. The van der Waals surface area contributed by atoms with Crippen molar-refractivity contribution in [3.05, 3.63) is 81.6 Å². The van der Waals surface area contributed by atoms with Gasteiger partial charge in [-0.2, -0.15) is 5.26 Å². The number of nitriles is 1. The maximum absolute atomic E-state index is 12.3. The van der Waals surface area contributed by atoms with E-state index in [0.717, 1.165) is 16.9 Å². The molecule has 1 aliphatic rings. The molecule has 0 aliphatic carbocycles. The summed E-state index contributed by atoms with van der Waals surface area (Å²) in [7, 11) is 1.49. The predicted molar refractivity (Wildman–Crippen MR) is 126 cm³/mol. The van der Waals surface area contributed by atoms with E-state index in [0.29, 0.717) is 27.5 Å². The van der Waals surface area contributed by atoms with Crippen molar-refractivity contribution in [2.24, 2.45) is 0 Å². The topological polar surface area (TPSA) is 68.6 Å². The lowest BCUT2D eigenvalue weighted by atomic mass is 9.99. The number of benzene rings is 2. The van der Waals surface area contributed by atoms with E-state index in [2.05, 4.69) is 6.07 Å². The van der Waals surface area contributed by atoms with Crippen LogP contribution in [0.4, 0.5) is 0 Å². The van der Waals surface area contributed by atoms with Gasteiger partial charge in [0.15, 0.2) is 11.5 Å². The highest BCUT2D eigenvalue weighted by molar-refractivity contribution is 7.12. The van der Waals surface area contributed by atoms with E-state index in [1.807, 2.05) is 49.6 Å². The predicted octanol–water partition coefficient (Wildman–Crippen LogP) is 6.22. The van der Waals surface area contributed by atoms with Crippen LogP contribution in [0.15, 0.2) is 60.0 Å². The van der Waals surface area contributed by atoms with Crippen LogP contribution in [0.25, 0.3) is 17.7 Å². The summed E-state index contributed by atoms with van der Waals surface area (Å²) in [6, 6.07) is 16.6. The van der Waals surface area contributed by atoms with E-state index in [-0.39, 0.29) is 5.60 Å². The van der Waals surface area contributed by atoms with Gasteiger partial charge in [0.05, 0.1) is 18.8 Å². The molecule has 3 aromatic rings. The SMILES string of the molecule is COc1cc(/C(C#N)=C\c2ccc3c(c2)C=CC(C)(C)O3)ccc1OC(=O)c1cccs1. The molecule has 32 heavy (non-hydrogen) atoms. The van der Waals surface area contributed by atoms with Gasteiger partial charge in [-0.25, -0.2) is 4.79 Å². The van der Waals surface area contributed by atoms with Gasteiger partial charge in [0, 0.05) is 5.56 Å². The number of esters is 1. The van der Waals surface area contributed by atoms with Crippen LogP contribution < -0.4 is 14.2 Å². The van der Waals surface area contributed by atoms with Crippen LogP contribution in [0.3, 0.4) is 0 Å². The quantitative estimate of drug-likeness (QED) is 0.203. The van der Waals surface area contributed by atoms with Crippen molar-refractivity contribution in [3.63, 3.8) is 0 Å². The van der Waals surface area contributed by atoms with Crippen LogP contribution in [-0.4, -0.2) is 18.7 Å². The molecule has 0 bridgehead atoms. The summed E-state index contributed by atoms with van der Waals surface area (Å²) in [5.74, 6) is 1.03. The van der Waals surface area contributed by atoms with Gasteiger partial charge in [-0.05, 0) is 78.9 Å². The lowest BCUT2D eigenvalue weighted by Crippen LogP contribution is -2.27. The summed E-state index contributed by atoms with van der Waals surface area (Å²) < 4.78 is 16.8. The minimum Gasteiger partial charge on any atom is -0.493 e. The maximum atomic E-state index is 12.3. The molecule has 0 saturated heterocycles. The zero-order valence-electron chi connectivity index (χ0n) is 17.9. The van der Waals surface area contributed by atoms with Crippen molar-refractivity contribution in [1.29, 1.82) is 5.26 Å². The lowest BCUT2D eigenvalue weighted by Gasteiger charge is -2.27. The molecule has 0 fully saturated rings. The average Bonchev–Trinajstić information content (AvgIpc) is 3.32. The number of thiophene rings is 1. The van der Waals surface area contributed by atoms with Gasteiger partial charge in [0.1, 0.15) is 16.2 Å². The minimum atomic E-state index is -0.449.